The molecule has 0 aliphatic rings. The number of benzene rings is 2. The summed E-state index contributed by atoms with van der Waals surface area (Å²) >= 11 is 3.22. The third-order valence-electron chi connectivity index (χ3n) is 3.08. The Morgan fingerprint density at radius 1 is 1.24 bits per heavy atom. The zero-order valence-corrected chi connectivity index (χ0v) is 13.0. The quantitative estimate of drug-likeness (QED) is 0.866. The van der Waals surface area contributed by atoms with E-state index in [1.807, 2.05) is 18.2 Å². The largest absolute Gasteiger partial charge is 0.489 e. The van der Waals surface area contributed by atoms with Crippen LogP contribution >= 0.6 is 15.9 Å². The molecule has 0 aliphatic carbocycles. The lowest BCUT2D eigenvalue weighted by molar-refractivity contribution is 0.00701. The molecule has 0 heterocycles. The summed E-state index contributed by atoms with van der Waals surface area (Å²) in [5.41, 5.74) is -0.448. The highest BCUT2D eigenvalue weighted by Gasteiger charge is 2.25. The van der Waals surface area contributed by atoms with Gasteiger partial charge in [-0.2, -0.15) is 0 Å². The molecule has 21 heavy (non-hydrogen) atoms. The van der Waals surface area contributed by atoms with E-state index in [9.17, 15) is 15.0 Å². The molecular formula is C16H15BrO4. The van der Waals surface area contributed by atoms with Crippen molar-refractivity contribution in [1.82, 2.24) is 0 Å². The Labute approximate surface area is 131 Å². The van der Waals surface area contributed by atoms with Crippen LogP contribution in [0.5, 0.6) is 5.75 Å². The van der Waals surface area contributed by atoms with Gasteiger partial charge in [-0.1, -0.05) is 46.3 Å². The van der Waals surface area contributed by atoms with Crippen LogP contribution in [0.15, 0.2) is 53.0 Å². The van der Waals surface area contributed by atoms with E-state index in [1.54, 1.807) is 31.2 Å². The second-order valence-corrected chi connectivity index (χ2v) is 5.79. The molecule has 0 aliphatic heterocycles. The van der Waals surface area contributed by atoms with Crippen LogP contribution in [0.3, 0.4) is 0 Å². The van der Waals surface area contributed by atoms with Gasteiger partial charge < -0.3 is 14.9 Å². The monoisotopic (exact) mass is 350 g/mol. The first kappa shape index (κ1) is 15.5. The standard InChI is InChI=1S/C16H15BrO4/c1-16(20,11-5-3-2-4-6-11)10-21-14-8-7-12(17)9-13(14)15(18)19/h2-9,20H,10H2,1H3,(H,18,19). The molecule has 0 radical (unpaired) electrons. The average Bonchev–Trinajstić information content (AvgIpc) is 2.47. The summed E-state index contributed by atoms with van der Waals surface area (Å²) in [6, 6.07) is 13.8. The minimum atomic E-state index is -1.20. The van der Waals surface area contributed by atoms with Crippen molar-refractivity contribution in [3.63, 3.8) is 0 Å². The molecule has 1 unspecified atom stereocenters. The minimum Gasteiger partial charge on any atom is -0.489 e. The SMILES string of the molecule is CC(O)(COc1ccc(Br)cc1C(=O)O)c1ccccc1. The summed E-state index contributed by atoms with van der Waals surface area (Å²) < 4.78 is 6.18. The van der Waals surface area contributed by atoms with E-state index in [0.29, 0.717) is 10.0 Å². The molecule has 0 fully saturated rings. The van der Waals surface area contributed by atoms with E-state index in [-0.39, 0.29) is 17.9 Å². The number of halogens is 1. The predicted octanol–water partition coefficient (Wildman–Crippen LogP) is 3.43. The fraction of sp³-hybridized carbons (Fsp3) is 0.188. The van der Waals surface area contributed by atoms with Gasteiger partial charge in [0.2, 0.25) is 0 Å². The predicted molar refractivity (Wildman–Crippen MR) is 82.6 cm³/mol. The van der Waals surface area contributed by atoms with Crippen molar-refractivity contribution >= 4 is 21.9 Å². The first-order valence-corrected chi connectivity index (χ1v) is 7.13. The second-order valence-electron chi connectivity index (χ2n) is 4.87. The number of ether oxygens (including phenoxy) is 1. The Kier molecular flexibility index (Phi) is 4.65. The van der Waals surface area contributed by atoms with E-state index < -0.39 is 11.6 Å². The fourth-order valence-corrected chi connectivity index (χ4v) is 2.26. The van der Waals surface area contributed by atoms with Crippen LogP contribution in [0, 0.1) is 0 Å². The Hall–Kier alpha value is -1.85. The van der Waals surface area contributed by atoms with Gasteiger partial charge >= 0.3 is 5.97 Å². The minimum absolute atomic E-state index is 0.0427. The zero-order chi connectivity index (χ0) is 15.5. The third-order valence-corrected chi connectivity index (χ3v) is 3.57. The lowest BCUT2D eigenvalue weighted by Gasteiger charge is -2.24. The average molecular weight is 351 g/mol. The van der Waals surface area contributed by atoms with Crippen molar-refractivity contribution in [2.75, 3.05) is 6.61 Å². The van der Waals surface area contributed by atoms with Gasteiger partial charge in [-0.3, -0.25) is 0 Å². The van der Waals surface area contributed by atoms with E-state index >= 15 is 0 Å². The molecule has 0 aromatic heterocycles. The first-order chi connectivity index (χ1) is 9.90. The van der Waals surface area contributed by atoms with Crippen LogP contribution < -0.4 is 4.74 Å². The highest BCUT2D eigenvalue weighted by Crippen LogP contribution is 2.26. The number of carboxylic acid groups (broad SMARTS) is 1. The Bertz CT molecular complexity index is 638. The third kappa shape index (κ3) is 3.83. The fourth-order valence-electron chi connectivity index (χ4n) is 1.89. The van der Waals surface area contributed by atoms with Crippen LogP contribution in [0.1, 0.15) is 22.8 Å². The lowest BCUT2D eigenvalue weighted by Crippen LogP contribution is -2.29. The number of rotatable bonds is 5. The second kappa shape index (κ2) is 6.28. The lowest BCUT2D eigenvalue weighted by atomic mass is 9.97. The van der Waals surface area contributed by atoms with Crippen molar-refractivity contribution in [3.05, 3.63) is 64.1 Å². The smallest absolute Gasteiger partial charge is 0.339 e. The van der Waals surface area contributed by atoms with Gasteiger partial charge in [0.05, 0.1) is 0 Å². The van der Waals surface area contributed by atoms with Gasteiger partial charge in [0.25, 0.3) is 0 Å². The molecule has 0 saturated carbocycles. The van der Waals surface area contributed by atoms with Crippen molar-refractivity contribution < 1.29 is 19.7 Å². The summed E-state index contributed by atoms with van der Waals surface area (Å²) in [6.45, 7) is 1.58. The van der Waals surface area contributed by atoms with Crippen molar-refractivity contribution in [2.45, 2.75) is 12.5 Å². The number of carbonyl (C=O) groups is 1. The molecule has 0 spiro atoms. The molecule has 0 saturated heterocycles. The maximum Gasteiger partial charge on any atom is 0.339 e. The normalized spacial score (nSPS) is 13.5. The maximum absolute atomic E-state index is 11.2. The van der Waals surface area contributed by atoms with Crippen LogP contribution in [-0.4, -0.2) is 22.8 Å². The molecule has 4 nitrogen and oxygen atoms in total. The summed E-state index contributed by atoms with van der Waals surface area (Å²) in [5, 5.41) is 19.6. The van der Waals surface area contributed by atoms with Gasteiger partial charge in [0, 0.05) is 4.47 Å². The van der Waals surface area contributed by atoms with Crippen molar-refractivity contribution in [2.24, 2.45) is 0 Å². The van der Waals surface area contributed by atoms with Gasteiger partial charge in [0.15, 0.2) is 0 Å². The maximum atomic E-state index is 11.2. The first-order valence-electron chi connectivity index (χ1n) is 6.34. The number of carboxylic acids is 1. The molecule has 5 heteroatoms. The summed E-state index contributed by atoms with van der Waals surface area (Å²) in [6.07, 6.45) is 0. The van der Waals surface area contributed by atoms with E-state index in [0.717, 1.165) is 0 Å². The van der Waals surface area contributed by atoms with Crippen LogP contribution in [-0.2, 0) is 5.60 Å². The zero-order valence-electron chi connectivity index (χ0n) is 11.4. The van der Waals surface area contributed by atoms with Crippen molar-refractivity contribution in [1.29, 1.82) is 0 Å². The molecule has 1 atom stereocenters. The van der Waals surface area contributed by atoms with Crippen LogP contribution in [0.2, 0.25) is 0 Å². The van der Waals surface area contributed by atoms with Gasteiger partial charge in [-0.25, -0.2) is 4.79 Å². The molecule has 2 aromatic rings. The summed E-state index contributed by atoms with van der Waals surface area (Å²) in [4.78, 5) is 11.2. The Morgan fingerprint density at radius 2 is 1.90 bits per heavy atom. The van der Waals surface area contributed by atoms with Crippen molar-refractivity contribution in [3.8, 4) is 5.75 Å². The van der Waals surface area contributed by atoms with E-state index in [4.69, 9.17) is 4.74 Å². The van der Waals surface area contributed by atoms with Gasteiger partial charge in [-0.15, -0.1) is 0 Å². The van der Waals surface area contributed by atoms with Crippen LogP contribution in [0.25, 0.3) is 0 Å². The summed E-state index contributed by atoms with van der Waals surface area (Å²) in [7, 11) is 0. The molecule has 2 N–H and O–H groups in total. The van der Waals surface area contributed by atoms with E-state index in [2.05, 4.69) is 15.9 Å². The Balaban J connectivity index is 2.18. The Morgan fingerprint density at radius 3 is 2.52 bits per heavy atom. The topological polar surface area (TPSA) is 66.8 Å². The molecule has 110 valence electrons. The number of aromatic carboxylic acids is 1. The number of hydrogen-bond donors (Lipinski definition) is 2. The molecule has 2 rings (SSSR count). The molecule has 0 amide bonds. The number of hydrogen-bond acceptors (Lipinski definition) is 3. The highest BCUT2D eigenvalue weighted by atomic mass is 79.9. The molecule has 2 aromatic carbocycles. The van der Waals surface area contributed by atoms with Gasteiger partial charge in [0.1, 0.15) is 23.5 Å². The number of aliphatic hydroxyl groups is 1. The summed E-state index contributed by atoms with van der Waals surface area (Å²) in [5.74, 6) is -0.854. The van der Waals surface area contributed by atoms with Crippen LogP contribution in [0.4, 0.5) is 0 Å². The highest BCUT2D eigenvalue weighted by molar-refractivity contribution is 9.10. The molecular weight excluding hydrogens is 336 g/mol. The van der Waals surface area contributed by atoms with Gasteiger partial charge in [-0.05, 0) is 30.7 Å². The molecule has 0 bridgehead atoms. The van der Waals surface area contributed by atoms with E-state index in [1.165, 1.54) is 6.07 Å².